The minimum atomic E-state index is 0.503. The zero-order valence-corrected chi connectivity index (χ0v) is 10.4. The third-order valence-electron chi connectivity index (χ3n) is 5.83. The Hall–Kier alpha value is -0.0800. The first-order valence-corrected chi connectivity index (χ1v) is 7.38. The molecule has 16 heavy (non-hydrogen) atoms. The summed E-state index contributed by atoms with van der Waals surface area (Å²) in [7, 11) is 0. The van der Waals surface area contributed by atoms with E-state index in [-0.39, 0.29) is 0 Å². The van der Waals surface area contributed by atoms with E-state index in [1.54, 1.807) is 6.42 Å². The molecule has 1 spiro atoms. The van der Waals surface area contributed by atoms with Crippen LogP contribution in [0.15, 0.2) is 0 Å². The summed E-state index contributed by atoms with van der Waals surface area (Å²) in [6, 6.07) is 0. The summed E-state index contributed by atoms with van der Waals surface area (Å²) in [5, 5.41) is 2.61. The molecule has 4 aliphatic carbocycles. The number of nitrogens with zero attached hydrogens (tertiary/aromatic N) is 1. The second-order valence-electron chi connectivity index (χ2n) is 6.75. The highest BCUT2D eigenvalue weighted by Crippen LogP contribution is 2.62. The molecular weight excluding hydrogens is 196 g/mol. The van der Waals surface area contributed by atoms with Crippen LogP contribution in [0.2, 0.25) is 0 Å². The smallest absolute Gasteiger partial charge is 0.103 e. The van der Waals surface area contributed by atoms with Crippen LogP contribution in [-0.4, -0.2) is 17.2 Å². The van der Waals surface area contributed by atoms with Crippen LogP contribution in [0.4, 0.5) is 0 Å². The van der Waals surface area contributed by atoms with E-state index in [1.165, 1.54) is 45.1 Å². The second-order valence-corrected chi connectivity index (χ2v) is 6.75. The van der Waals surface area contributed by atoms with E-state index in [4.69, 9.17) is 0 Å². The lowest BCUT2D eigenvalue weighted by Gasteiger charge is -2.54. The zero-order valence-electron chi connectivity index (χ0n) is 10.4. The first-order chi connectivity index (χ1) is 7.83. The Bertz CT molecular complexity index is 271. The largest absolute Gasteiger partial charge is 0.232 e. The predicted octanol–water partition coefficient (Wildman–Crippen LogP) is 2.76. The summed E-state index contributed by atoms with van der Waals surface area (Å²) in [4.78, 5) is 0. The number of hydrogen-bond acceptors (Lipinski definition) is 2. The van der Waals surface area contributed by atoms with Crippen LogP contribution < -0.4 is 5.43 Å². The molecule has 1 aliphatic heterocycles. The number of hydrogen-bond donors (Lipinski definition) is 1. The third-order valence-corrected chi connectivity index (χ3v) is 5.83. The monoisotopic (exact) mass is 220 g/mol. The Labute approximate surface area is 98.7 Å². The van der Waals surface area contributed by atoms with Gasteiger partial charge in [0, 0.05) is 6.54 Å². The summed E-state index contributed by atoms with van der Waals surface area (Å²) in [5.41, 5.74) is 4.30. The van der Waals surface area contributed by atoms with Crippen molar-refractivity contribution in [3.05, 3.63) is 0 Å². The molecule has 4 saturated carbocycles. The molecule has 0 aromatic heterocycles. The summed E-state index contributed by atoms with van der Waals surface area (Å²) < 4.78 is 0. The fraction of sp³-hybridized carbons (Fsp3) is 1.00. The van der Waals surface area contributed by atoms with E-state index in [9.17, 15) is 0 Å². The molecule has 90 valence electrons. The fourth-order valence-corrected chi connectivity index (χ4v) is 5.27. The van der Waals surface area contributed by atoms with Crippen molar-refractivity contribution in [2.24, 2.45) is 23.7 Å². The Kier molecular flexibility index (Phi) is 2.00. The van der Waals surface area contributed by atoms with Gasteiger partial charge in [0.05, 0.1) is 0 Å². The van der Waals surface area contributed by atoms with Gasteiger partial charge in [-0.05, 0) is 62.2 Å². The first kappa shape index (κ1) is 9.90. The number of rotatable bonds is 3. The van der Waals surface area contributed by atoms with Gasteiger partial charge in [-0.3, -0.25) is 0 Å². The van der Waals surface area contributed by atoms with Crippen molar-refractivity contribution in [2.75, 3.05) is 6.54 Å². The molecule has 0 radical (unpaired) electrons. The molecule has 2 heteroatoms. The molecule has 5 rings (SSSR count). The minimum absolute atomic E-state index is 0.503. The standard InChI is InChI=1S/C14H24N2/c1-2-3-4-16-14(15-16)12-6-10-5-11(8-12)9-13(14)7-10/h10-13,15H,2-9H2,1H3. The topological polar surface area (TPSA) is 25.0 Å². The van der Waals surface area contributed by atoms with Gasteiger partial charge in [0.15, 0.2) is 0 Å². The average Bonchev–Trinajstić information content (AvgIpc) is 2.98. The zero-order chi connectivity index (χ0) is 10.8. The fourth-order valence-electron chi connectivity index (χ4n) is 5.27. The van der Waals surface area contributed by atoms with Crippen molar-refractivity contribution in [1.82, 2.24) is 10.4 Å². The molecule has 0 amide bonds. The number of nitrogens with one attached hydrogen (secondary N) is 1. The van der Waals surface area contributed by atoms with Crippen LogP contribution in [0, 0.1) is 23.7 Å². The summed E-state index contributed by atoms with van der Waals surface area (Å²) in [6.45, 7) is 3.59. The Morgan fingerprint density at radius 2 is 1.69 bits per heavy atom. The van der Waals surface area contributed by atoms with Gasteiger partial charge in [0.1, 0.15) is 5.66 Å². The normalized spacial score (nSPS) is 57.2. The van der Waals surface area contributed by atoms with Crippen molar-refractivity contribution < 1.29 is 0 Å². The van der Waals surface area contributed by atoms with Crippen LogP contribution in [0.1, 0.15) is 51.9 Å². The van der Waals surface area contributed by atoms with Crippen molar-refractivity contribution in [2.45, 2.75) is 57.5 Å². The lowest BCUT2D eigenvalue weighted by Crippen LogP contribution is -2.53. The van der Waals surface area contributed by atoms with Crippen LogP contribution in [0.3, 0.4) is 0 Å². The van der Waals surface area contributed by atoms with Crippen molar-refractivity contribution in [1.29, 1.82) is 0 Å². The predicted molar refractivity (Wildman–Crippen MR) is 64.5 cm³/mol. The van der Waals surface area contributed by atoms with Gasteiger partial charge in [-0.25, -0.2) is 10.4 Å². The number of unbranched alkanes of at least 4 members (excludes halogenated alkanes) is 1. The lowest BCUT2D eigenvalue weighted by atomic mass is 9.52. The third kappa shape index (κ3) is 1.15. The average molecular weight is 220 g/mol. The molecule has 1 saturated heterocycles. The van der Waals surface area contributed by atoms with Crippen molar-refractivity contribution >= 4 is 0 Å². The van der Waals surface area contributed by atoms with Gasteiger partial charge < -0.3 is 0 Å². The molecule has 1 unspecified atom stereocenters. The highest BCUT2D eigenvalue weighted by Gasteiger charge is 2.67. The van der Waals surface area contributed by atoms with E-state index in [2.05, 4.69) is 17.4 Å². The molecule has 0 aromatic carbocycles. The van der Waals surface area contributed by atoms with Crippen LogP contribution in [0.5, 0.6) is 0 Å². The molecular formula is C14H24N2. The Balaban J connectivity index is 1.53. The molecule has 5 aliphatic rings. The van der Waals surface area contributed by atoms with Crippen LogP contribution >= 0.6 is 0 Å². The van der Waals surface area contributed by atoms with Gasteiger partial charge >= 0.3 is 0 Å². The minimum Gasteiger partial charge on any atom is -0.232 e. The Morgan fingerprint density at radius 1 is 1.06 bits per heavy atom. The molecule has 1 N–H and O–H groups in total. The van der Waals surface area contributed by atoms with E-state index in [1.807, 2.05) is 0 Å². The highest BCUT2D eigenvalue weighted by atomic mass is 15.8. The SMILES string of the molecule is CCCCN1NC12C1CC3CC(C1)CC2C3. The first-order valence-electron chi connectivity index (χ1n) is 7.38. The molecule has 2 nitrogen and oxygen atoms in total. The lowest BCUT2D eigenvalue weighted by molar-refractivity contribution is -0.0364. The Morgan fingerprint density at radius 3 is 2.25 bits per heavy atom. The molecule has 1 atom stereocenters. The maximum absolute atomic E-state index is 3.80. The van der Waals surface area contributed by atoms with E-state index < -0.39 is 0 Å². The van der Waals surface area contributed by atoms with Gasteiger partial charge in [-0.15, -0.1) is 0 Å². The van der Waals surface area contributed by atoms with E-state index >= 15 is 0 Å². The molecule has 0 aromatic rings. The summed E-state index contributed by atoms with van der Waals surface area (Å²) in [5.74, 6) is 4.20. The number of hydrazine groups is 1. The summed E-state index contributed by atoms with van der Waals surface area (Å²) >= 11 is 0. The van der Waals surface area contributed by atoms with Crippen LogP contribution in [0.25, 0.3) is 0 Å². The van der Waals surface area contributed by atoms with Crippen LogP contribution in [-0.2, 0) is 0 Å². The molecule has 5 fully saturated rings. The quantitative estimate of drug-likeness (QED) is 0.740. The van der Waals surface area contributed by atoms with Crippen molar-refractivity contribution in [3.63, 3.8) is 0 Å². The molecule has 4 bridgehead atoms. The van der Waals surface area contributed by atoms with Gasteiger partial charge in [-0.2, -0.15) is 0 Å². The maximum Gasteiger partial charge on any atom is 0.103 e. The highest BCUT2D eigenvalue weighted by molar-refractivity contribution is 5.15. The summed E-state index contributed by atoms with van der Waals surface area (Å²) in [6.07, 6.45) is 10.4. The van der Waals surface area contributed by atoms with Gasteiger partial charge in [0.25, 0.3) is 0 Å². The second kappa shape index (κ2) is 3.23. The van der Waals surface area contributed by atoms with E-state index in [0.717, 1.165) is 23.7 Å². The maximum atomic E-state index is 3.80. The van der Waals surface area contributed by atoms with Gasteiger partial charge in [0.2, 0.25) is 0 Å². The molecule has 1 heterocycles. The van der Waals surface area contributed by atoms with Gasteiger partial charge in [-0.1, -0.05) is 13.3 Å². The van der Waals surface area contributed by atoms with E-state index in [0.29, 0.717) is 5.66 Å². The van der Waals surface area contributed by atoms with Crippen molar-refractivity contribution in [3.8, 4) is 0 Å².